The lowest BCUT2D eigenvalue weighted by Gasteiger charge is -2.20. The summed E-state index contributed by atoms with van der Waals surface area (Å²) in [7, 11) is 4.82. The molecule has 0 bridgehead atoms. The van der Waals surface area contributed by atoms with Gasteiger partial charge in [0.1, 0.15) is 23.2 Å². The highest BCUT2D eigenvalue weighted by molar-refractivity contribution is 5.88. The summed E-state index contributed by atoms with van der Waals surface area (Å²) >= 11 is 0. The van der Waals surface area contributed by atoms with E-state index in [0.717, 1.165) is 24.7 Å². The van der Waals surface area contributed by atoms with Crippen LogP contribution in [0.4, 0.5) is 19.0 Å². The molecule has 4 heterocycles. The van der Waals surface area contributed by atoms with Crippen LogP contribution in [-0.4, -0.2) is 53.4 Å². The molecule has 1 aliphatic carbocycles. The molecule has 0 spiro atoms. The highest BCUT2D eigenvalue weighted by atomic mass is 19.4. The molecule has 1 aromatic carbocycles. The summed E-state index contributed by atoms with van der Waals surface area (Å²) in [6.07, 6.45) is 1.53. The van der Waals surface area contributed by atoms with Crippen LogP contribution in [0.1, 0.15) is 58.3 Å². The van der Waals surface area contributed by atoms with E-state index in [4.69, 9.17) is 17.4 Å². The van der Waals surface area contributed by atoms with E-state index < -0.39 is 18.4 Å². The van der Waals surface area contributed by atoms with Crippen molar-refractivity contribution in [3.8, 4) is 28.7 Å². The van der Waals surface area contributed by atoms with Crippen molar-refractivity contribution < 1.29 is 20.6 Å². The number of rotatable bonds is 8. The third kappa shape index (κ3) is 5.14. The summed E-state index contributed by atoms with van der Waals surface area (Å²) in [5.41, 5.74) is 1.93. The number of benzene rings is 1. The largest absolute Gasteiger partial charge is 0.480 e. The number of methoxy groups -OCH3 is 1. The van der Waals surface area contributed by atoms with Crippen LogP contribution in [0.25, 0.3) is 33.8 Å². The Labute approximate surface area is 243 Å². The quantitative estimate of drug-likeness (QED) is 0.227. The standard InChI is InChI=1S/C29H30F3N9O/c1-16(2)41-14-21(29(30,31)32)36-26(41)19-8-6-17(7-9-19)12-39(3)27-24-20(13-40(4)38-24)35-25(37-27)22-23(18-10-11-18)33-15-34-28(22)42-5/h6-9,13-16,18H,10-12H2,1-5H3/i12D2. The number of halogens is 3. The summed E-state index contributed by atoms with van der Waals surface area (Å²) in [5, 5.41) is 4.51. The third-order valence-electron chi connectivity index (χ3n) is 7.02. The Kier molecular flexibility index (Phi) is 6.22. The van der Waals surface area contributed by atoms with Crippen LogP contribution in [0.2, 0.25) is 0 Å². The zero-order valence-corrected chi connectivity index (χ0v) is 23.7. The molecule has 218 valence electrons. The van der Waals surface area contributed by atoms with Crippen molar-refractivity contribution in [2.45, 2.75) is 51.3 Å². The van der Waals surface area contributed by atoms with Crippen LogP contribution in [0.15, 0.2) is 43.0 Å². The fraction of sp³-hybridized carbons (Fsp3) is 0.379. The fourth-order valence-electron chi connectivity index (χ4n) is 4.85. The maximum atomic E-state index is 13.4. The Balaban J connectivity index is 1.41. The van der Waals surface area contributed by atoms with Crippen molar-refractivity contribution in [1.29, 1.82) is 0 Å². The Bertz CT molecular complexity index is 1850. The first kappa shape index (κ1) is 25.2. The number of fused-ring (bicyclic) bond motifs is 1. The molecule has 0 unspecified atom stereocenters. The zero-order valence-electron chi connectivity index (χ0n) is 25.7. The second kappa shape index (κ2) is 10.4. The van der Waals surface area contributed by atoms with Crippen molar-refractivity contribution in [2.24, 2.45) is 7.05 Å². The van der Waals surface area contributed by atoms with Gasteiger partial charge in [-0.1, -0.05) is 24.3 Å². The summed E-state index contributed by atoms with van der Waals surface area (Å²) in [6, 6.07) is 5.94. The number of nitrogens with zero attached hydrogens (tertiary/aromatic N) is 9. The van der Waals surface area contributed by atoms with Crippen molar-refractivity contribution in [1.82, 2.24) is 39.3 Å². The van der Waals surface area contributed by atoms with E-state index >= 15 is 0 Å². The van der Waals surface area contributed by atoms with Gasteiger partial charge in [-0.05, 0) is 32.3 Å². The van der Waals surface area contributed by atoms with Gasteiger partial charge in [-0.25, -0.2) is 24.9 Å². The average molecular weight is 580 g/mol. The summed E-state index contributed by atoms with van der Waals surface area (Å²) < 4.78 is 67.1. The number of aryl methyl sites for hydroxylation is 1. The van der Waals surface area contributed by atoms with Crippen LogP contribution in [-0.2, 0) is 19.7 Å². The molecule has 1 saturated carbocycles. The Morgan fingerprint density at radius 1 is 1.10 bits per heavy atom. The molecule has 0 atom stereocenters. The van der Waals surface area contributed by atoms with Crippen LogP contribution >= 0.6 is 0 Å². The molecule has 42 heavy (non-hydrogen) atoms. The molecule has 13 heteroatoms. The molecule has 6 rings (SSSR count). The molecular weight excluding hydrogens is 547 g/mol. The summed E-state index contributed by atoms with van der Waals surface area (Å²) in [4.78, 5) is 23.5. The smallest absolute Gasteiger partial charge is 0.434 e. The lowest BCUT2D eigenvalue weighted by atomic mass is 10.1. The van der Waals surface area contributed by atoms with Gasteiger partial charge < -0.3 is 14.2 Å². The topological polar surface area (TPSA) is 99.7 Å². The molecule has 0 amide bonds. The number of alkyl halides is 3. The van der Waals surface area contributed by atoms with Gasteiger partial charge in [0.2, 0.25) is 5.88 Å². The predicted molar refractivity (Wildman–Crippen MR) is 151 cm³/mol. The molecular formula is C29H30F3N9O. The van der Waals surface area contributed by atoms with Crippen LogP contribution in [0.3, 0.4) is 0 Å². The summed E-state index contributed by atoms with van der Waals surface area (Å²) in [5.74, 6) is 1.23. The van der Waals surface area contributed by atoms with Gasteiger partial charge in [-0.15, -0.1) is 0 Å². The molecule has 10 nitrogen and oxygen atoms in total. The fourth-order valence-corrected chi connectivity index (χ4v) is 4.85. The molecule has 4 aromatic heterocycles. The second-order valence-electron chi connectivity index (χ2n) is 10.5. The van der Waals surface area contributed by atoms with Gasteiger partial charge in [0.05, 0.1) is 21.7 Å². The van der Waals surface area contributed by atoms with E-state index in [-0.39, 0.29) is 29.2 Å². The lowest BCUT2D eigenvalue weighted by molar-refractivity contribution is -0.140. The first-order chi connectivity index (χ1) is 20.8. The normalized spacial score (nSPS) is 14.8. The van der Waals surface area contributed by atoms with E-state index in [1.165, 1.54) is 35.0 Å². The van der Waals surface area contributed by atoms with Crippen molar-refractivity contribution in [2.75, 3.05) is 19.1 Å². The maximum Gasteiger partial charge on any atom is 0.434 e. The highest BCUT2D eigenvalue weighted by Crippen LogP contribution is 2.45. The molecule has 5 aromatic rings. The monoisotopic (exact) mass is 579 g/mol. The van der Waals surface area contributed by atoms with Gasteiger partial charge in [0, 0.05) is 44.3 Å². The van der Waals surface area contributed by atoms with Crippen molar-refractivity contribution >= 4 is 16.9 Å². The Morgan fingerprint density at radius 2 is 1.83 bits per heavy atom. The molecule has 1 fully saturated rings. The van der Waals surface area contributed by atoms with Gasteiger partial charge in [-0.2, -0.15) is 18.3 Å². The van der Waals surface area contributed by atoms with Gasteiger partial charge in [0.25, 0.3) is 0 Å². The molecule has 0 aliphatic heterocycles. The van der Waals surface area contributed by atoms with Crippen LogP contribution < -0.4 is 9.64 Å². The molecule has 0 N–H and O–H groups in total. The summed E-state index contributed by atoms with van der Waals surface area (Å²) in [6.45, 7) is 1.43. The van der Waals surface area contributed by atoms with E-state index in [2.05, 4.69) is 20.1 Å². The lowest BCUT2D eigenvalue weighted by Crippen LogP contribution is -2.19. The molecule has 0 radical (unpaired) electrons. The minimum absolute atomic E-state index is 0.147. The highest BCUT2D eigenvalue weighted by Gasteiger charge is 2.35. The van der Waals surface area contributed by atoms with E-state index in [1.807, 2.05) is 0 Å². The second-order valence-corrected chi connectivity index (χ2v) is 10.5. The number of aromatic nitrogens is 8. The third-order valence-corrected chi connectivity index (χ3v) is 7.02. The van der Waals surface area contributed by atoms with E-state index in [0.29, 0.717) is 33.9 Å². The minimum atomic E-state index is -4.59. The number of ether oxygens (including phenoxy) is 1. The van der Waals surface area contributed by atoms with E-state index in [1.54, 1.807) is 51.0 Å². The molecule has 0 saturated heterocycles. The van der Waals surface area contributed by atoms with Gasteiger partial charge >= 0.3 is 6.18 Å². The average Bonchev–Trinajstić information content (AvgIpc) is 3.60. The number of imidazole rings is 1. The van der Waals surface area contributed by atoms with Crippen molar-refractivity contribution in [3.63, 3.8) is 0 Å². The Morgan fingerprint density at radius 3 is 2.48 bits per heavy atom. The van der Waals surface area contributed by atoms with Gasteiger partial charge in [-0.3, -0.25) is 4.68 Å². The van der Waals surface area contributed by atoms with Gasteiger partial charge in [0.15, 0.2) is 22.9 Å². The first-order valence-electron chi connectivity index (χ1n) is 14.4. The predicted octanol–water partition coefficient (Wildman–Crippen LogP) is 5.81. The Hall–Kier alpha value is -4.55. The van der Waals surface area contributed by atoms with Crippen molar-refractivity contribution in [3.05, 3.63) is 59.9 Å². The zero-order chi connectivity index (χ0) is 31.6. The van der Waals surface area contributed by atoms with Crippen LogP contribution in [0.5, 0.6) is 5.88 Å². The molecule has 1 aliphatic rings. The SMILES string of the molecule is [2H]C([2H])(c1ccc(-c2nc(C(F)(F)F)cn2C(C)C)cc1)N(C)c1nc(-c2c(OC)ncnc2C2CC2)nc2cn(C)nc12. The van der Waals surface area contributed by atoms with E-state index in [9.17, 15) is 13.2 Å². The number of hydrogen-bond acceptors (Lipinski definition) is 8. The maximum absolute atomic E-state index is 13.4. The van der Waals surface area contributed by atoms with Crippen LogP contribution in [0, 0.1) is 0 Å². The number of anilines is 1. The minimum Gasteiger partial charge on any atom is -0.480 e. The first-order valence-corrected chi connectivity index (χ1v) is 13.4. The number of hydrogen-bond donors (Lipinski definition) is 0.